The zero-order chi connectivity index (χ0) is 27.5. The standard InChI is InChI=1S/C28H27FN6O4/c1-17(15-36)35-16-30-33-26(35)23-4-3-5-25(31-23)32-27(37)22-12-20-14-34(11-10-19(20)13-24(22)39-2)28(38)18-6-8-21(29)9-7-18/h3-9,12-13,16-17,36H,10-11,14-15H2,1-2H3,(H,31,32,37). The average Bonchev–Trinajstić information content (AvgIpc) is 3.46. The van der Waals surface area contributed by atoms with E-state index in [9.17, 15) is 19.1 Å². The SMILES string of the molecule is COc1cc2c(cc1C(=O)Nc1cccc(-c3nncn3C(C)CO)n1)CN(C(=O)c1ccc(F)cc1)CC2. The first kappa shape index (κ1) is 26.0. The lowest BCUT2D eigenvalue weighted by molar-refractivity contribution is 0.0734. The first-order chi connectivity index (χ1) is 18.9. The van der Waals surface area contributed by atoms with Gasteiger partial charge in [-0.25, -0.2) is 9.37 Å². The molecule has 39 heavy (non-hydrogen) atoms. The van der Waals surface area contributed by atoms with Gasteiger partial charge in [0.2, 0.25) is 0 Å². The van der Waals surface area contributed by atoms with Gasteiger partial charge in [-0.15, -0.1) is 10.2 Å². The summed E-state index contributed by atoms with van der Waals surface area (Å²) in [5.41, 5.74) is 3.01. The number of amides is 2. The second-order valence-corrected chi connectivity index (χ2v) is 9.26. The van der Waals surface area contributed by atoms with Crippen molar-refractivity contribution in [2.24, 2.45) is 0 Å². The predicted octanol–water partition coefficient (Wildman–Crippen LogP) is 3.49. The number of rotatable bonds is 7. The van der Waals surface area contributed by atoms with Gasteiger partial charge in [0.15, 0.2) is 5.82 Å². The molecule has 3 heterocycles. The van der Waals surface area contributed by atoms with Gasteiger partial charge < -0.3 is 24.6 Å². The first-order valence-electron chi connectivity index (χ1n) is 12.4. The van der Waals surface area contributed by atoms with Crippen LogP contribution in [-0.4, -0.2) is 61.8 Å². The maximum absolute atomic E-state index is 13.4. The molecule has 2 aromatic carbocycles. The number of carbonyl (C=O) groups is 2. The Labute approximate surface area is 224 Å². The van der Waals surface area contributed by atoms with Crippen LogP contribution < -0.4 is 10.1 Å². The van der Waals surface area contributed by atoms with Gasteiger partial charge in [0.05, 0.1) is 25.3 Å². The Balaban J connectivity index is 1.38. The molecule has 0 aliphatic carbocycles. The third-order valence-electron chi connectivity index (χ3n) is 6.69. The molecule has 2 amide bonds. The van der Waals surface area contributed by atoms with E-state index in [1.54, 1.807) is 33.7 Å². The molecule has 1 unspecified atom stereocenters. The number of aliphatic hydroxyl groups is 1. The molecule has 2 aromatic heterocycles. The van der Waals surface area contributed by atoms with E-state index in [0.717, 1.165) is 11.1 Å². The number of anilines is 1. The maximum atomic E-state index is 13.4. The minimum Gasteiger partial charge on any atom is -0.496 e. The van der Waals surface area contributed by atoms with Crippen molar-refractivity contribution < 1.29 is 23.8 Å². The van der Waals surface area contributed by atoms with Gasteiger partial charge in [0, 0.05) is 18.7 Å². The number of hydrogen-bond donors (Lipinski definition) is 2. The minimum absolute atomic E-state index is 0.0908. The zero-order valence-electron chi connectivity index (χ0n) is 21.5. The summed E-state index contributed by atoms with van der Waals surface area (Å²) in [4.78, 5) is 32.5. The molecular weight excluding hydrogens is 503 g/mol. The summed E-state index contributed by atoms with van der Waals surface area (Å²) < 4.78 is 20.5. The van der Waals surface area contributed by atoms with Crippen molar-refractivity contribution in [2.45, 2.75) is 25.9 Å². The number of benzene rings is 2. The van der Waals surface area contributed by atoms with E-state index in [-0.39, 0.29) is 18.6 Å². The molecule has 0 saturated heterocycles. The van der Waals surface area contributed by atoms with Crippen LogP contribution in [0.5, 0.6) is 5.75 Å². The number of fused-ring (bicyclic) bond motifs is 1. The van der Waals surface area contributed by atoms with Crippen LogP contribution >= 0.6 is 0 Å². The van der Waals surface area contributed by atoms with E-state index < -0.39 is 11.7 Å². The highest BCUT2D eigenvalue weighted by Crippen LogP contribution is 2.30. The second kappa shape index (κ2) is 11.0. The number of pyridine rings is 1. The Morgan fingerprint density at radius 2 is 1.95 bits per heavy atom. The smallest absolute Gasteiger partial charge is 0.260 e. The lowest BCUT2D eigenvalue weighted by atomic mass is 9.95. The van der Waals surface area contributed by atoms with Crippen LogP contribution in [0.25, 0.3) is 11.5 Å². The van der Waals surface area contributed by atoms with Crippen molar-refractivity contribution in [1.82, 2.24) is 24.6 Å². The van der Waals surface area contributed by atoms with Gasteiger partial charge in [-0.2, -0.15) is 0 Å². The average molecular weight is 531 g/mol. The number of carbonyl (C=O) groups excluding carboxylic acids is 2. The Kier molecular flexibility index (Phi) is 7.33. The summed E-state index contributed by atoms with van der Waals surface area (Å²) in [6, 6.07) is 13.9. The van der Waals surface area contributed by atoms with Crippen LogP contribution in [0, 0.1) is 5.82 Å². The first-order valence-corrected chi connectivity index (χ1v) is 12.4. The van der Waals surface area contributed by atoms with E-state index in [0.29, 0.717) is 53.7 Å². The molecule has 0 saturated carbocycles. The highest BCUT2D eigenvalue weighted by atomic mass is 19.1. The van der Waals surface area contributed by atoms with Crippen molar-refractivity contribution in [3.05, 3.63) is 89.0 Å². The van der Waals surface area contributed by atoms with Gasteiger partial charge in [0.25, 0.3) is 11.8 Å². The Morgan fingerprint density at radius 1 is 1.15 bits per heavy atom. The van der Waals surface area contributed by atoms with Gasteiger partial charge in [-0.3, -0.25) is 9.59 Å². The van der Waals surface area contributed by atoms with Crippen molar-refractivity contribution in [3.8, 4) is 17.3 Å². The van der Waals surface area contributed by atoms with E-state index in [1.165, 1.54) is 37.7 Å². The van der Waals surface area contributed by atoms with E-state index in [2.05, 4.69) is 20.5 Å². The summed E-state index contributed by atoms with van der Waals surface area (Å²) in [7, 11) is 1.50. The summed E-state index contributed by atoms with van der Waals surface area (Å²) in [6.45, 7) is 2.54. The lowest BCUT2D eigenvalue weighted by Crippen LogP contribution is -2.36. The van der Waals surface area contributed by atoms with Crippen molar-refractivity contribution in [3.63, 3.8) is 0 Å². The highest BCUT2D eigenvalue weighted by molar-refractivity contribution is 6.06. The largest absolute Gasteiger partial charge is 0.496 e. The Bertz CT molecular complexity index is 1520. The van der Waals surface area contributed by atoms with Crippen LogP contribution in [0.2, 0.25) is 0 Å². The molecule has 2 N–H and O–H groups in total. The number of hydrogen-bond acceptors (Lipinski definition) is 7. The van der Waals surface area contributed by atoms with Gasteiger partial charge in [-0.05, 0) is 73.0 Å². The molecule has 4 aromatic rings. The number of nitrogens with one attached hydrogen (secondary N) is 1. The molecule has 5 rings (SSSR count). The molecule has 11 heteroatoms. The van der Waals surface area contributed by atoms with Crippen molar-refractivity contribution in [2.75, 3.05) is 25.6 Å². The lowest BCUT2D eigenvalue weighted by Gasteiger charge is -2.30. The summed E-state index contributed by atoms with van der Waals surface area (Å²) in [6.07, 6.45) is 2.11. The number of aliphatic hydroxyl groups excluding tert-OH is 1. The fraction of sp³-hybridized carbons (Fsp3) is 0.250. The molecule has 1 aliphatic heterocycles. The molecule has 1 aliphatic rings. The highest BCUT2D eigenvalue weighted by Gasteiger charge is 2.25. The number of methoxy groups -OCH3 is 1. The monoisotopic (exact) mass is 530 g/mol. The van der Waals surface area contributed by atoms with Crippen molar-refractivity contribution in [1.29, 1.82) is 0 Å². The van der Waals surface area contributed by atoms with Crippen LogP contribution in [0.3, 0.4) is 0 Å². The molecule has 0 fully saturated rings. The molecule has 10 nitrogen and oxygen atoms in total. The normalized spacial score (nSPS) is 13.5. The van der Waals surface area contributed by atoms with Gasteiger partial charge in [-0.1, -0.05) is 6.07 Å². The fourth-order valence-electron chi connectivity index (χ4n) is 4.53. The summed E-state index contributed by atoms with van der Waals surface area (Å²) in [5, 5.41) is 20.4. The third kappa shape index (κ3) is 5.34. The van der Waals surface area contributed by atoms with E-state index in [1.807, 2.05) is 13.0 Å². The predicted molar refractivity (Wildman–Crippen MR) is 141 cm³/mol. The molecule has 1 atom stereocenters. The van der Waals surface area contributed by atoms with Gasteiger partial charge >= 0.3 is 0 Å². The molecule has 0 radical (unpaired) electrons. The van der Waals surface area contributed by atoms with E-state index in [4.69, 9.17) is 4.74 Å². The number of nitrogens with zero attached hydrogens (tertiary/aromatic N) is 5. The maximum Gasteiger partial charge on any atom is 0.260 e. The number of ether oxygens (including phenoxy) is 1. The molecule has 0 bridgehead atoms. The molecule has 0 spiro atoms. The van der Waals surface area contributed by atoms with E-state index >= 15 is 0 Å². The van der Waals surface area contributed by atoms with Crippen LogP contribution in [0.15, 0.2) is 60.9 Å². The molecule has 200 valence electrons. The Hall–Kier alpha value is -4.64. The Morgan fingerprint density at radius 3 is 2.69 bits per heavy atom. The second-order valence-electron chi connectivity index (χ2n) is 9.26. The van der Waals surface area contributed by atoms with Crippen LogP contribution in [-0.2, 0) is 13.0 Å². The quantitative estimate of drug-likeness (QED) is 0.375. The fourth-order valence-corrected chi connectivity index (χ4v) is 4.53. The topological polar surface area (TPSA) is 122 Å². The van der Waals surface area contributed by atoms with Crippen LogP contribution in [0.4, 0.5) is 10.2 Å². The van der Waals surface area contributed by atoms with Gasteiger partial charge in [0.1, 0.15) is 29.4 Å². The summed E-state index contributed by atoms with van der Waals surface area (Å²) >= 11 is 0. The minimum atomic E-state index is -0.425. The number of halogens is 1. The molecular formula is C28H27FN6O4. The van der Waals surface area contributed by atoms with Crippen LogP contribution in [0.1, 0.15) is 44.8 Å². The van der Waals surface area contributed by atoms with Crippen molar-refractivity contribution >= 4 is 17.6 Å². The third-order valence-corrected chi connectivity index (χ3v) is 6.69. The number of aromatic nitrogens is 4. The summed E-state index contributed by atoms with van der Waals surface area (Å²) in [5.74, 6) is 0.150. The zero-order valence-corrected chi connectivity index (χ0v) is 21.5.